The molecule has 0 aliphatic rings. The topological polar surface area (TPSA) is 47.3 Å². The molecule has 0 spiro atoms. The molecule has 0 aliphatic heterocycles. The molecule has 0 fully saturated rings. The van der Waals surface area contributed by atoms with E-state index in [2.05, 4.69) is 5.32 Å². The van der Waals surface area contributed by atoms with E-state index < -0.39 is 0 Å². The number of halogens is 2. The highest BCUT2D eigenvalue weighted by Gasteiger charge is 2.19. The molecule has 0 radical (unpaired) electrons. The molecule has 0 aliphatic carbocycles. The largest absolute Gasteiger partial charge is 0.496 e. The molecule has 0 bridgehead atoms. The minimum absolute atomic E-state index is 0.258. The highest BCUT2D eigenvalue weighted by atomic mass is 35.5. The molecule has 0 saturated carbocycles. The lowest BCUT2D eigenvalue weighted by atomic mass is 10.0. The van der Waals surface area contributed by atoms with Gasteiger partial charge >= 0.3 is 0 Å². The molecule has 2 aromatic carbocycles. The van der Waals surface area contributed by atoms with Crippen LogP contribution >= 0.6 is 11.6 Å². The molecular weight excluding hydrogens is 279 g/mol. The van der Waals surface area contributed by atoms with Crippen LogP contribution in [-0.2, 0) is 0 Å². The van der Waals surface area contributed by atoms with Crippen LogP contribution in [0.5, 0.6) is 5.75 Å². The fourth-order valence-electron chi connectivity index (χ4n) is 2.05. The average molecular weight is 295 g/mol. The third-order valence-electron chi connectivity index (χ3n) is 3.02. The zero-order valence-corrected chi connectivity index (χ0v) is 11.8. The van der Waals surface area contributed by atoms with Gasteiger partial charge in [0.05, 0.1) is 18.8 Å². The van der Waals surface area contributed by atoms with Crippen molar-refractivity contribution in [3.8, 4) is 5.75 Å². The second kappa shape index (κ2) is 6.59. The van der Waals surface area contributed by atoms with Crippen molar-refractivity contribution >= 4 is 17.3 Å². The maximum absolute atomic E-state index is 13.7. The zero-order valence-electron chi connectivity index (χ0n) is 11.1. The minimum atomic E-state index is -0.337. The number of benzene rings is 2. The van der Waals surface area contributed by atoms with Crippen LogP contribution in [0.4, 0.5) is 10.1 Å². The van der Waals surface area contributed by atoms with Gasteiger partial charge in [0.2, 0.25) is 0 Å². The van der Waals surface area contributed by atoms with Gasteiger partial charge in [0.15, 0.2) is 0 Å². The van der Waals surface area contributed by atoms with Crippen LogP contribution in [0.2, 0.25) is 5.02 Å². The fourth-order valence-corrected chi connectivity index (χ4v) is 2.35. The summed E-state index contributed by atoms with van der Waals surface area (Å²) in [6.07, 6.45) is 0. The van der Waals surface area contributed by atoms with E-state index in [-0.39, 0.29) is 18.4 Å². The Hall–Kier alpha value is -1.78. The molecule has 106 valence electrons. The highest BCUT2D eigenvalue weighted by Crippen LogP contribution is 2.33. The van der Waals surface area contributed by atoms with Gasteiger partial charge in [-0.3, -0.25) is 0 Å². The van der Waals surface area contributed by atoms with Gasteiger partial charge in [-0.25, -0.2) is 4.39 Å². The quantitative estimate of drug-likeness (QED) is 0.886. The van der Waals surface area contributed by atoms with E-state index in [4.69, 9.17) is 22.1 Å². The summed E-state index contributed by atoms with van der Waals surface area (Å²) in [5.74, 6) is 0.286. The van der Waals surface area contributed by atoms with E-state index in [1.165, 1.54) is 6.07 Å². The van der Waals surface area contributed by atoms with E-state index in [0.29, 0.717) is 16.5 Å². The van der Waals surface area contributed by atoms with Crippen LogP contribution in [0.1, 0.15) is 11.6 Å². The first-order valence-electron chi connectivity index (χ1n) is 6.21. The first-order valence-corrected chi connectivity index (χ1v) is 6.58. The van der Waals surface area contributed by atoms with Gasteiger partial charge in [-0.05, 0) is 24.3 Å². The summed E-state index contributed by atoms with van der Waals surface area (Å²) in [5, 5.41) is 3.60. The van der Waals surface area contributed by atoms with E-state index in [9.17, 15) is 4.39 Å². The van der Waals surface area contributed by atoms with E-state index in [1.807, 2.05) is 0 Å². The van der Waals surface area contributed by atoms with Gasteiger partial charge in [0.25, 0.3) is 0 Å². The summed E-state index contributed by atoms with van der Waals surface area (Å²) in [7, 11) is 1.56. The first kappa shape index (κ1) is 14.6. The first-order chi connectivity index (χ1) is 9.67. The molecule has 1 unspecified atom stereocenters. The Kier molecular flexibility index (Phi) is 4.82. The standard InChI is InChI=1S/C15H16ClFN2O/c1-20-14-8-4-5-10(16)15(14)13(9-18)19-12-7-3-2-6-11(12)17/h2-8,13,19H,9,18H2,1H3. The summed E-state index contributed by atoms with van der Waals surface area (Å²) >= 11 is 6.22. The molecule has 3 N–H and O–H groups in total. The number of nitrogens with two attached hydrogens (primary N) is 1. The Balaban J connectivity index is 2.36. The molecule has 1 atom stereocenters. The van der Waals surface area contributed by atoms with Gasteiger partial charge in [0, 0.05) is 17.1 Å². The van der Waals surface area contributed by atoms with Gasteiger partial charge in [-0.1, -0.05) is 29.8 Å². The van der Waals surface area contributed by atoms with Crippen LogP contribution in [-0.4, -0.2) is 13.7 Å². The number of rotatable bonds is 5. The van der Waals surface area contributed by atoms with Crippen molar-refractivity contribution in [2.75, 3.05) is 19.0 Å². The lowest BCUT2D eigenvalue weighted by Gasteiger charge is -2.22. The normalized spacial score (nSPS) is 12.0. The molecular formula is C15H16ClFN2O. The Bertz CT molecular complexity index is 592. The number of anilines is 1. The molecule has 3 nitrogen and oxygen atoms in total. The molecule has 0 heterocycles. The third kappa shape index (κ3) is 3.03. The van der Waals surface area contributed by atoms with Crippen LogP contribution in [0.25, 0.3) is 0 Å². The van der Waals surface area contributed by atoms with Gasteiger partial charge in [0.1, 0.15) is 11.6 Å². The van der Waals surface area contributed by atoms with Crippen LogP contribution in [0.3, 0.4) is 0 Å². The van der Waals surface area contributed by atoms with Gasteiger partial charge in [-0.15, -0.1) is 0 Å². The molecule has 0 amide bonds. The summed E-state index contributed by atoms with van der Waals surface area (Å²) in [6, 6.07) is 11.4. The average Bonchev–Trinajstić information content (AvgIpc) is 2.47. The molecule has 2 rings (SSSR count). The highest BCUT2D eigenvalue weighted by molar-refractivity contribution is 6.31. The van der Waals surface area contributed by atoms with Crippen molar-refractivity contribution in [1.29, 1.82) is 0 Å². The molecule has 20 heavy (non-hydrogen) atoms. The third-order valence-corrected chi connectivity index (χ3v) is 3.35. The summed E-state index contributed by atoms with van der Waals surface area (Å²) in [4.78, 5) is 0. The van der Waals surface area contributed by atoms with E-state index in [1.54, 1.807) is 43.5 Å². The van der Waals surface area contributed by atoms with Crippen molar-refractivity contribution in [3.05, 3.63) is 58.9 Å². The van der Waals surface area contributed by atoms with E-state index in [0.717, 1.165) is 5.56 Å². The van der Waals surface area contributed by atoms with Gasteiger partial charge < -0.3 is 15.8 Å². The molecule has 2 aromatic rings. The Labute approximate surface area is 122 Å². The molecule has 5 heteroatoms. The van der Waals surface area contributed by atoms with Crippen LogP contribution < -0.4 is 15.8 Å². The number of methoxy groups -OCH3 is 1. The fraction of sp³-hybridized carbons (Fsp3) is 0.200. The second-order valence-corrected chi connectivity index (χ2v) is 4.68. The lowest BCUT2D eigenvalue weighted by Crippen LogP contribution is -2.22. The lowest BCUT2D eigenvalue weighted by molar-refractivity contribution is 0.407. The van der Waals surface area contributed by atoms with Crippen LogP contribution in [0.15, 0.2) is 42.5 Å². The van der Waals surface area contributed by atoms with Crippen molar-refractivity contribution in [2.24, 2.45) is 5.73 Å². The Morgan fingerprint density at radius 3 is 2.65 bits per heavy atom. The predicted molar refractivity (Wildman–Crippen MR) is 79.8 cm³/mol. The smallest absolute Gasteiger partial charge is 0.146 e. The number of para-hydroxylation sites is 1. The maximum Gasteiger partial charge on any atom is 0.146 e. The predicted octanol–water partition coefficient (Wildman–Crippen LogP) is 3.60. The SMILES string of the molecule is COc1cccc(Cl)c1C(CN)Nc1ccccc1F. The second-order valence-electron chi connectivity index (χ2n) is 4.27. The molecule has 0 aromatic heterocycles. The van der Waals surface area contributed by atoms with Crippen molar-refractivity contribution in [3.63, 3.8) is 0 Å². The number of hydrogen-bond donors (Lipinski definition) is 2. The zero-order chi connectivity index (χ0) is 14.5. The van der Waals surface area contributed by atoms with Crippen molar-refractivity contribution in [2.45, 2.75) is 6.04 Å². The Morgan fingerprint density at radius 2 is 2.00 bits per heavy atom. The Morgan fingerprint density at radius 1 is 1.25 bits per heavy atom. The summed E-state index contributed by atoms with van der Waals surface area (Å²) in [5.41, 5.74) is 6.90. The van der Waals surface area contributed by atoms with Crippen molar-refractivity contribution in [1.82, 2.24) is 0 Å². The monoisotopic (exact) mass is 294 g/mol. The molecule has 0 saturated heterocycles. The number of hydrogen-bond acceptors (Lipinski definition) is 3. The minimum Gasteiger partial charge on any atom is -0.496 e. The van der Waals surface area contributed by atoms with Crippen molar-refractivity contribution < 1.29 is 9.13 Å². The van der Waals surface area contributed by atoms with E-state index >= 15 is 0 Å². The summed E-state index contributed by atoms with van der Waals surface area (Å²) in [6.45, 7) is 0.258. The maximum atomic E-state index is 13.7. The number of nitrogens with one attached hydrogen (secondary N) is 1. The summed E-state index contributed by atoms with van der Waals surface area (Å²) < 4.78 is 19.0. The van der Waals surface area contributed by atoms with Crippen LogP contribution in [0, 0.1) is 5.82 Å². The van der Waals surface area contributed by atoms with Gasteiger partial charge in [-0.2, -0.15) is 0 Å². The number of ether oxygens (including phenoxy) is 1.